The monoisotopic (exact) mass is 487 g/mol. The number of aliphatic hydroxyl groups excluding tert-OH is 1. The Morgan fingerprint density at radius 2 is 1.63 bits per heavy atom. The molecule has 2 aromatic heterocycles. The Morgan fingerprint density at radius 1 is 0.963 bits per heavy atom. The summed E-state index contributed by atoms with van der Waals surface area (Å²) in [6.07, 6.45) is 0.141. The predicted octanol–water partition coefficient (Wildman–Crippen LogP) is 4.08. The third kappa shape index (κ3) is 4.68. The van der Waals surface area contributed by atoms with Crippen LogP contribution in [-0.4, -0.2) is 20.9 Å². The zero-order valence-corrected chi connectivity index (χ0v) is 17.0. The lowest BCUT2D eigenvalue weighted by molar-refractivity contribution is -0.268. The number of carbonyl (C=O) groups is 1. The molecule has 1 atom stereocenters. The molecule has 27 heavy (non-hydrogen) atoms. The smallest absolute Gasteiger partial charge is 0.191 e. The zero-order valence-electron chi connectivity index (χ0n) is 13.8. The van der Waals surface area contributed by atoms with Crippen LogP contribution in [0.2, 0.25) is 0 Å². The number of aromatic nitrogens is 2. The fourth-order valence-corrected chi connectivity index (χ4v) is 3.19. The maximum Gasteiger partial charge on any atom is 0.191 e. The molecule has 1 aromatic carbocycles. The molecule has 3 aromatic rings. The SMILES string of the molecule is O=C(C(=Cc1cccc(Br)n1)[C@@H](O)c1cccc(Br)n1)c1ccccc1[O-]. The lowest BCUT2D eigenvalue weighted by atomic mass is 9.95. The van der Waals surface area contributed by atoms with Crippen molar-refractivity contribution < 1.29 is 15.0 Å². The number of hydrogen-bond acceptors (Lipinski definition) is 5. The molecule has 0 aliphatic carbocycles. The van der Waals surface area contributed by atoms with Crippen molar-refractivity contribution in [2.75, 3.05) is 0 Å². The molecule has 0 spiro atoms. The molecule has 0 radical (unpaired) electrons. The first-order valence-corrected chi connectivity index (χ1v) is 9.49. The molecule has 0 fully saturated rings. The van der Waals surface area contributed by atoms with Crippen molar-refractivity contribution in [1.29, 1.82) is 0 Å². The van der Waals surface area contributed by atoms with E-state index in [1.165, 1.54) is 18.2 Å². The van der Waals surface area contributed by atoms with Crippen LogP contribution in [0.4, 0.5) is 0 Å². The van der Waals surface area contributed by atoms with E-state index in [1.807, 2.05) is 0 Å². The third-order valence-corrected chi connectivity index (χ3v) is 4.63. The molecular weight excluding hydrogens is 476 g/mol. The number of carbonyl (C=O) groups excluding carboxylic acids is 1. The van der Waals surface area contributed by atoms with Crippen LogP contribution in [0.25, 0.3) is 6.08 Å². The van der Waals surface area contributed by atoms with Crippen LogP contribution in [-0.2, 0) is 0 Å². The second kappa shape index (κ2) is 8.56. The molecule has 0 saturated carbocycles. The van der Waals surface area contributed by atoms with E-state index in [-0.39, 0.29) is 16.8 Å². The minimum absolute atomic E-state index is 0.00880. The van der Waals surface area contributed by atoms with Crippen molar-refractivity contribution >= 4 is 43.7 Å². The summed E-state index contributed by atoms with van der Waals surface area (Å²) in [5.74, 6) is -0.985. The van der Waals surface area contributed by atoms with Crippen molar-refractivity contribution in [2.45, 2.75) is 6.10 Å². The van der Waals surface area contributed by atoms with Crippen LogP contribution in [0.5, 0.6) is 5.75 Å². The van der Waals surface area contributed by atoms with E-state index in [0.717, 1.165) is 0 Å². The van der Waals surface area contributed by atoms with E-state index >= 15 is 0 Å². The second-order valence-corrected chi connectivity index (χ2v) is 7.22. The summed E-state index contributed by atoms with van der Waals surface area (Å²) in [6, 6.07) is 16.1. The van der Waals surface area contributed by atoms with Gasteiger partial charge in [0, 0.05) is 11.1 Å². The Hall–Kier alpha value is -2.35. The summed E-state index contributed by atoms with van der Waals surface area (Å²) in [5, 5.41) is 23.0. The number of benzene rings is 1. The van der Waals surface area contributed by atoms with Gasteiger partial charge in [0.25, 0.3) is 0 Å². The highest BCUT2D eigenvalue weighted by Gasteiger charge is 2.23. The average molecular weight is 489 g/mol. The molecule has 136 valence electrons. The minimum Gasteiger partial charge on any atom is -0.872 e. The average Bonchev–Trinajstić information content (AvgIpc) is 2.65. The van der Waals surface area contributed by atoms with Crippen LogP contribution in [0.15, 0.2) is 75.4 Å². The van der Waals surface area contributed by atoms with Gasteiger partial charge in [-0.2, -0.15) is 0 Å². The third-order valence-electron chi connectivity index (χ3n) is 3.75. The van der Waals surface area contributed by atoms with Crippen LogP contribution >= 0.6 is 31.9 Å². The fourth-order valence-electron chi connectivity index (χ4n) is 2.48. The van der Waals surface area contributed by atoms with Gasteiger partial charge in [-0.15, -0.1) is 0 Å². The fraction of sp³-hybridized carbons (Fsp3) is 0.0500. The Morgan fingerprint density at radius 3 is 2.30 bits per heavy atom. The van der Waals surface area contributed by atoms with Gasteiger partial charge in [0.1, 0.15) is 15.3 Å². The zero-order chi connectivity index (χ0) is 19.4. The molecule has 3 rings (SSSR count). The molecule has 0 saturated heterocycles. The Labute approximate surface area is 172 Å². The second-order valence-electron chi connectivity index (χ2n) is 5.60. The highest BCUT2D eigenvalue weighted by atomic mass is 79.9. The molecule has 0 unspecified atom stereocenters. The number of para-hydroxylation sites is 1. The largest absolute Gasteiger partial charge is 0.872 e. The number of nitrogens with zero attached hydrogens (tertiary/aromatic N) is 2. The highest BCUT2D eigenvalue weighted by Crippen LogP contribution is 2.28. The summed E-state index contributed by atoms with van der Waals surface area (Å²) in [5.41, 5.74) is 0.731. The lowest BCUT2D eigenvalue weighted by Crippen LogP contribution is -2.15. The number of ketones is 1. The molecule has 0 aliphatic rings. The molecule has 1 N–H and O–H groups in total. The van der Waals surface area contributed by atoms with Gasteiger partial charge in [-0.1, -0.05) is 42.1 Å². The first kappa shape index (κ1) is 19.4. The van der Waals surface area contributed by atoms with Gasteiger partial charge in [-0.25, -0.2) is 9.97 Å². The van der Waals surface area contributed by atoms with E-state index in [1.54, 1.807) is 48.5 Å². The van der Waals surface area contributed by atoms with E-state index in [4.69, 9.17) is 0 Å². The van der Waals surface area contributed by atoms with Gasteiger partial charge < -0.3 is 10.2 Å². The van der Waals surface area contributed by atoms with Crippen molar-refractivity contribution in [3.05, 3.63) is 92.4 Å². The van der Waals surface area contributed by atoms with E-state index in [9.17, 15) is 15.0 Å². The van der Waals surface area contributed by atoms with Gasteiger partial charge in [-0.05, 0) is 62.2 Å². The number of halogens is 2. The molecule has 5 nitrogen and oxygen atoms in total. The van der Waals surface area contributed by atoms with E-state index < -0.39 is 17.6 Å². The van der Waals surface area contributed by atoms with Crippen molar-refractivity contribution in [1.82, 2.24) is 9.97 Å². The summed E-state index contributed by atoms with van der Waals surface area (Å²) in [4.78, 5) is 21.5. The minimum atomic E-state index is -1.32. The van der Waals surface area contributed by atoms with Crippen LogP contribution in [0.3, 0.4) is 0 Å². The van der Waals surface area contributed by atoms with Gasteiger partial charge >= 0.3 is 0 Å². The normalized spacial score (nSPS) is 12.6. The van der Waals surface area contributed by atoms with Gasteiger partial charge in [0.15, 0.2) is 5.78 Å². The van der Waals surface area contributed by atoms with Crippen molar-refractivity contribution in [3.8, 4) is 5.75 Å². The molecule has 7 heteroatoms. The Bertz CT molecular complexity index is 1020. The number of pyridine rings is 2. The van der Waals surface area contributed by atoms with Crippen molar-refractivity contribution in [3.63, 3.8) is 0 Å². The number of aliphatic hydroxyl groups is 1. The Kier molecular flexibility index (Phi) is 6.15. The van der Waals surface area contributed by atoms with Gasteiger partial charge in [0.05, 0.1) is 11.4 Å². The summed E-state index contributed by atoms with van der Waals surface area (Å²) in [6.45, 7) is 0. The van der Waals surface area contributed by atoms with E-state index in [0.29, 0.717) is 14.9 Å². The highest BCUT2D eigenvalue weighted by molar-refractivity contribution is 9.10. The van der Waals surface area contributed by atoms with Crippen LogP contribution in [0, 0.1) is 0 Å². The van der Waals surface area contributed by atoms with Gasteiger partial charge in [0.2, 0.25) is 0 Å². The summed E-state index contributed by atoms with van der Waals surface area (Å²) in [7, 11) is 0. The molecule has 0 amide bonds. The van der Waals surface area contributed by atoms with Crippen LogP contribution in [0.1, 0.15) is 27.8 Å². The molecule has 0 bridgehead atoms. The van der Waals surface area contributed by atoms with Gasteiger partial charge in [-0.3, -0.25) is 4.79 Å². The Balaban J connectivity index is 2.11. The first-order valence-electron chi connectivity index (χ1n) is 7.91. The predicted molar refractivity (Wildman–Crippen MR) is 107 cm³/mol. The first-order chi connectivity index (χ1) is 13.0. The van der Waals surface area contributed by atoms with E-state index in [2.05, 4.69) is 41.8 Å². The summed E-state index contributed by atoms with van der Waals surface area (Å²) < 4.78 is 1.11. The van der Waals surface area contributed by atoms with Crippen molar-refractivity contribution in [2.24, 2.45) is 0 Å². The topological polar surface area (TPSA) is 86.1 Å². The molecule has 2 heterocycles. The quantitative estimate of drug-likeness (QED) is 0.332. The number of Topliss-reactive ketones (excluding diaryl/α,β-unsaturated/α-hetero) is 1. The maximum atomic E-state index is 13.0. The summed E-state index contributed by atoms with van der Waals surface area (Å²) >= 11 is 6.54. The lowest BCUT2D eigenvalue weighted by Gasteiger charge is -2.18. The molecule has 0 aliphatic heterocycles. The molecular formula is C20H13Br2N2O3-. The maximum absolute atomic E-state index is 13.0. The number of rotatable bonds is 5. The van der Waals surface area contributed by atoms with Crippen LogP contribution < -0.4 is 5.11 Å². The number of hydrogen-bond donors (Lipinski definition) is 1. The standard InChI is InChI=1S/C20H14Br2N2O3/c21-17-9-3-5-12(23-17)11-14(19(26)13-6-1-2-8-16(13)25)20(27)15-7-4-10-18(22)24-15/h1-11,20,25,27H/p-1/t20-/m1/s1.